The molecular weight excluding hydrogens is 276 g/mol. The monoisotopic (exact) mass is 286 g/mol. The van der Waals surface area contributed by atoms with Crippen LogP contribution >= 0.6 is 11.6 Å². The fourth-order valence-corrected chi connectivity index (χ4v) is 2.25. The number of hydrogen-bond acceptors (Lipinski definition) is 3. The van der Waals surface area contributed by atoms with Gasteiger partial charge in [0.25, 0.3) is 0 Å². The third-order valence-corrected chi connectivity index (χ3v) is 3.31. The molecule has 100 valence electrons. The number of hydrogen-bond donors (Lipinski definition) is 1. The van der Waals surface area contributed by atoms with Crippen molar-refractivity contribution in [3.05, 3.63) is 58.7 Å². The van der Waals surface area contributed by atoms with Gasteiger partial charge in [0.1, 0.15) is 11.4 Å². The van der Waals surface area contributed by atoms with Crippen molar-refractivity contribution in [1.29, 1.82) is 0 Å². The Labute approximate surface area is 120 Å². The second-order valence-corrected chi connectivity index (χ2v) is 4.76. The van der Waals surface area contributed by atoms with E-state index in [1.807, 2.05) is 12.1 Å². The summed E-state index contributed by atoms with van der Waals surface area (Å²) >= 11 is 5.92. The zero-order valence-electron chi connectivity index (χ0n) is 10.7. The van der Waals surface area contributed by atoms with Gasteiger partial charge in [0.2, 0.25) is 5.78 Å². The minimum atomic E-state index is -0.174. The summed E-state index contributed by atoms with van der Waals surface area (Å²) in [4.78, 5) is 12.5. The number of halogens is 1. The Morgan fingerprint density at radius 3 is 2.85 bits per heavy atom. The molecule has 0 amide bonds. The lowest BCUT2D eigenvalue weighted by atomic mass is 10.1. The lowest BCUT2D eigenvalue weighted by Gasteiger charge is -2.01. The molecule has 0 radical (unpaired) electrons. The van der Waals surface area contributed by atoms with Crippen molar-refractivity contribution < 1.29 is 9.53 Å². The van der Waals surface area contributed by atoms with Crippen molar-refractivity contribution in [3.8, 4) is 5.75 Å². The minimum absolute atomic E-state index is 0.174. The van der Waals surface area contributed by atoms with Crippen LogP contribution in [0.15, 0.2) is 42.5 Å². The van der Waals surface area contributed by atoms with Gasteiger partial charge in [0.15, 0.2) is 0 Å². The number of methoxy groups -OCH3 is 1. The maximum Gasteiger partial charge on any atom is 0.213 e. The average Bonchev–Trinajstić information content (AvgIpc) is 2.89. The van der Waals surface area contributed by atoms with Crippen LogP contribution in [0.2, 0.25) is 5.02 Å². The SMILES string of the molecule is COc1ccc2[nH]nc(C(=O)c3cccc(Cl)c3)c2c1. The van der Waals surface area contributed by atoms with Crippen molar-refractivity contribution in [2.45, 2.75) is 0 Å². The van der Waals surface area contributed by atoms with Crippen LogP contribution in [-0.2, 0) is 0 Å². The first kappa shape index (κ1) is 12.7. The first-order valence-electron chi connectivity index (χ1n) is 6.01. The number of ketones is 1. The van der Waals surface area contributed by atoms with Gasteiger partial charge in [-0.3, -0.25) is 9.89 Å². The van der Waals surface area contributed by atoms with Gasteiger partial charge >= 0.3 is 0 Å². The summed E-state index contributed by atoms with van der Waals surface area (Å²) in [5.41, 5.74) is 1.66. The molecule has 3 aromatic rings. The van der Waals surface area contributed by atoms with Crippen LogP contribution in [0.5, 0.6) is 5.75 Å². The van der Waals surface area contributed by atoms with Crippen molar-refractivity contribution in [2.75, 3.05) is 7.11 Å². The fraction of sp³-hybridized carbons (Fsp3) is 0.0667. The van der Waals surface area contributed by atoms with Crippen molar-refractivity contribution in [1.82, 2.24) is 10.2 Å². The number of fused-ring (bicyclic) bond motifs is 1. The molecule has 0 aliphatic carbocycles. The van der Waals surface area contributed by atoms with Gasteiger partial charge in [-0.15, -0.1) is 0 Å². The highest BCUT2D eigenvalue weighted by atomic mass is 35.5. The highest BCUT2D eigenvalue weighted by Crippen LogP contribution is 2.24. The van der Waals surface area contributed by atoms with Crippen LogP contribution in [0.3, 0.4) is 0 Å². The van der Waals surface area contributed by atoms with Gasteiger partial charge in [-0.1, -0.05) is 23.7 Å². The van der Waals surface area contributed by atoms with Crippen LogP contribution in [0.4, 0.5) is 0 Å². The van der Waals surface area contributed by atoms with E-state index in [1.165, 1.54) is 0 Å². The first-order valence-corrected chi connectivity index (χ1v) is 6.39. The number of H-pyrrole nitrogens is 1. The number of nitrogens with one attached hydrogen (secondary N) is 1. The molecule has 2 aromatic carbocycles. The average molecular weight is 287 g/mol. The van der Waals surface area contributed by atoms with Gasteiger partial charge in [-0.25, -0.2) is 0 Å². The summed E-state index contributed by atoms with van der Waals surface area (Å²) in [5.74, 6) is 0.506. The molecule has 0 spiro atoms. The molecule has 0 saturated carbocycles. The second kappa shape index (κ2) is 4.98. The maximum atomic E-state index is 12.5. The zero-order chi connectivity index (χ0) is 14.1. The lowest BCUT2D eigenvalue weighted by Crippen LogP contribution is -2.02. The highest BCUT2D eigenvalue weighted by Gasteiger charge is 2.16. The van der Waals surface area contributed by atoms with E-state index in [0.29, 0.717) is 22.0 Å². The van der Waals surface area contributed by atoms with Gasteiger partial charge in [0, 0.05) is 16.0 Å². The summed E-state index contributed by atoms with van der Waals surface area (Å²) in [6.07, 6.45) is 0. The molecule has 0 saturated heterocycles. The van der Waals surface area contributed by atoms with E-state index in [-0.39, 0.29) is 5.78 Å². The van der Waals surface area contributed by atoms with Crippen molar-refractivity contribution >= 4 is 28.3 Å². The van der Waals surface area contributed by atoms with Crippen molar-refractivity contribution in [3.63, 3.8) is 0 Å². The standard InChI is InChI=1S/C15H11ClN2O2/c1-20-11-5-6-13-12(8-11)14(18-17-13)15(19)9-3-2-4-10(16)7-9/h2-8H,1H3,(H,17,18). The van der Waals surface area contributed by atoms with E-state index in [2.05, 4.69) is 10.2 Å². The van der Waals surface area contributed by atoms with Crippen molar-refractivity contribution in [2.24, 2.45) is 0 Å². The minimum Gasteiger partial charge on any atom is -0.497 e. The molecule has 4 nitrogen and oxygen atoms in total. The quantitative estimate of drug-likeness (QED) is 0.750. The molecule has 0 bridgehead atoms. The van der Waals surface area contributed by atoms with Gasteiger partial charge in [-0.2, -0.15) is 5.10 Å². The molecule has 3 rings (SSSR count). The lowest BCUT2D eigenvalue weighted by molar-refractivity contribution is 0.103. The summed E-state index contributed by atoms with van der Waals surface area (Å²) in [5, 5.41) is 8.20. The zero-order valence-corrected chi connectivity index (χ0v) is 11.4. The van der Waals surface area contributed by atoms with Crippen LogP contribution in [0.1, 0.15) is 16.1 Å². The number of nitrogens with zero attached hydrogens (tertiary/aromatic N) is 1. The largest absolute Gasteiger partial charge is 0.497 e. The summed E-state index contributed by atoms with van der Waals surface area (Å²) in [6, 6.07) is 12.2. The van der Waals surface area contributed by atoms with E-state index in [4.69, 9.17) is 16.3 Å². The molecule has 0 aliphatic rings. The first-order chi connectivity index (χ1) is 9.69. The Hall–Kier alpha value is -2.33. The Balaban J connectivity index is 2.12. The van der Waals surface area contributed by atoms with E-state index in [0.717, 1.165) is 10.9 Å². The Bertz CT molecular complexity index is 795. The Morgan fingerprint density at radius 1 is 1.25 bits per heavy atom. The number of rotatable bonds is 3. The molecule has 1 heterocycles. The predicted octanol–water partition coefficient (Wildman–Crippen LogP) is 3.46. The van der Waals surface area contributed by atoms with Gasteiger partial charge in [-0.05, 0) is 30.3 Å². The number of aromatic nitrogens is 2. The number of aromatic amines is 1. The second-order valence-electron chi connectivity index (χ2n) is 4.32. The fourth-order valence-electron chi connectivity index (χ4n) is 2.06. The molecule has 1 N–H and O–H groups in total. The summed E-state index contributed by atoms with van der Waals surface area (Å²) < 4.78 is 5.18. The van der Waals surface area contributed by atoms with E-state index in [1.54, 1.807) is 37.4 Å². The van der Waals surface area contributed by atoms with Crippen LogP contribution in [0.25, 0.3) is 10.9 Å². The molecule has 0 atom stereocenters. The number of ether oxygens (including phenoxy) is 1. The number of carbonyl (C=O) groups is 1. The summed E-state index contributed by atoms with van der Waals surface area (Å²) in [6.45, 7) is 0. The maximum absolute atomic E-state index is 12.5. The van der Waals surface area contributed by atoms with Crippen LogP contribution in [0, 0.1) is 0 Å². The molecule has 0 unspecified atom stereocenters. The molecule has 0 aliphatic heterocycles. The number of benzene rings is 2. The van der Waals surface area contributed by atoms with Crippen LogP contribution in [-0.4, -0.2) is 23.1 Å². The molecule has 0 fully saturated rings. The Morgan fingerprint density at radius 2 is 2.10 bits per heavy atom. The van der Waals surface area contributed by atoms with E-state index >= 15 is 0 Å². The van der Waals surface area contributed by atoms with Gasteiger partial charge in [0.05, 0.1) is 12.6 Å². The number of carbonyl (C=O) groups excluding carboxylic acids is 1. The van der Waals surface area contributed by atoms with Crippen LogP contribution < -0.4 is 4.74 Å². The topological polar surface area (TPSA) is 55.0 Å². The molecule has 1 aromatic heterocycles. The van der Waals surface area contributed by atoms with Gasteiger partial charge < -0.3 is 4.74 Å². The Kier molecular flexibility index (Phi) is 3.16. The van der Waals surface area contributed by atoms with E-state index < -0.39 is 0 Å². The third kappa shape index (κ3) is 2.14. The molecule has 5 heteroatoms. The smallest absolute Gasteiger partial charge is 0.213 e. The van der Waals surface area contributed by atoms with E-state index in [9.17, 15) is 4.79 Å². The molecular formula is C15H11ClN2O2. The predicted molar refractivity (Wildman–Crippen MR) is 77.5 cm³/mol. The highest BCUT2D eigenvalue weighted by molar-refractivity contribution is 6.31. The summed E-state index contributed by atoms with van der Waals surface area (Å²) in [7, 11) is 1.58. The normalized spacial score (nSPS) is 10.7. The molecule has 20 heavy (non-hydrogen) atoms. The third-order valence-electron chi connectivity index (χ3n) is 3.07.